The first-order chi connectivity index (χ1) is 37.7. The molecule has 0 saturated carbocycles. The zero-order valence-electron chi connectivity index (χ0n) is 41.9. The van der Waals surface area contributed by atoms with Crippen LogP contribution in [0.25, 0.3) is 88.3 Å². The third-order valence-electron chi connectivity index (χ3n) is 15.7. The summed E-state index contributed by atoms with van der Waals surface area (Å²) in [5.74, 6) is 0. The van der Waals surface area contributed by atoms with E-state index in [1.165, 1.54) is 88.3 Å². The lowest BCUT2D eigenvalue weighted by molar-refractivity contribution is 0.768. The van der Waals surface area contributed by atoms with Gasteiger partial charge in [-0.3, -0.25) is 0 Å². The molecular weight excluding hydrogens is 915 g/mol. The number of hydrogen-bond donors (Lipinski definition) is 0. The van der Waals surface area contributed by atoms with Crippen molar-refractivity contribution < 1.29 is 0 Å². The molecule has 0 aliphatic heterocycles. The molecule has 1 aliphatic carbocycles. The van der Waals surface area contributed by atoms with Gasteiger partial charge in [-0.1, -0.05) is 267 Å². The molecule has 13 aromatic carbocycles. The lowest BCUT2D eigenvalue weighted by atomic mass is 9.67. The number of anilines is 3. The molecule has 0 unspecified atom stereocenters. The summed E-state index contributed by atoms with van der Waals surface area (Å²) in [6, 6.07) is 114. The summed E-state index contributed by atoms with van der Waals surface area (Å²) in [7, 11) is 0. The van der Waals surface area contributed by atoms with Crippen LogP contribution in [0.1, 0.15) is 22.3 Å². The van der Waals surface area contributed by atoms with Crippen LogP contribution < -0.4 is 4.90 Å². The molecule has 1 aliphatic rings. The normalized spacial score (nSPS) is 12.3. The van der Waals surface area contributed by atoms with Gasteiger partial charge in [0.2, 0.25) is 0 Å². The maximum absolute atomic E-state index is 2.50. The Kier molecular flexibility index (Phi) is 11.2. The molecule has 1 nitrogen and oxygen atoms in total. The topological polar surface area (TPSA) is 3.24 Å². The minimum atomic E-state index is -0.568. The number of benzene rings is 13. The molecule has 0 N–H and O–H groups in total. The minimum Gasteiger partial charge on any atom is -0.310 e. The first kappa shape index (κ1) is 44.8. The van der Waals surface area contributed by atoms with Crippen molar-refractivity contribution in [2.45, 2.75) is 5.41 Å². The third-order valence-corrected chi connectivity index (χ3v) is 15.7. The largest absolute Gasteiger partial charge is 0.310 e. The number of fused-ring (bicyclic) bond motifs is 6. The van der Waals surface area contributed by atoms with Gasteiger partial charge in [0.15, 0.2) is 0 Å². The molecule has 76 heavy (non-hydrogen) atoms. The lowest BCUT2D eigenvalue weighted by Crippen LogP contribution is -2.28. The number of hydrogen-bond acceptors (Lipinski definition) is 1. The molecule has 14 rings (SSSR count). The van der Waals surface area contributed by atoms with Crippen LogP contribution in [0, 0.1) is 0 Å². The Morgan fingerprint density at radius 3 is 1.34 bits per heavy atom. The zero-order valence-corrected chi connectivity index (χ0v) is 41.9. The van der Waals surface area contributed by atoms with Crippen molar-refractivity contribution in [2.75, 3.05) is 4.90 Å². The van der Waals surface area contributed by atoms with Crippen LogP contribution in [0.3, 0.4) is 0 Å². The van der Waals surface area contributed by atoms with E-state index >= 15 is 0 Å². The van der Waals surface area contributed by atoms with E-state index in [0.717, 1.165) is 39.3 Å². The highest BCUT2D eigenvalue weighted by molar-refractivity contribution is 6.22. The highest BCUT2D eigenvalue weighted by Gasteiger charge is 2.46. The van der Waals surface area contributed by atoms with E-state index in [1.807, 2.05) is 0 Å². The fraction of sp³-hybridized carbons (Fsp3) is 0.0133. The van der Waals surface area contributed by atoms with Gasteiger partial charge >= 0.3 is 0 Å². The van der Waals surface area contributed by atoms with Crippen molar-refractivity contribution in [3.05, 3.63) is 332 Å². The maximum atomic E-state index is 2.50. The van der Waals surface area contributed by atoms with E-state index in [2.05, 4.69) is 314 Å². The minimum absolute atomic E-state index is 0.568. The molecule has 0 aromatic heterocycles. The van der Waals surface area contributed by atoms with Gasteiger partial charge in [0, 0.05) is 16.9 Å². The van der Waals surface area contributed by atoms with Gasteiger partial charge in [-0.15, -0.1) is 0 Å². The van der Waals surface area contributed by atoms with Crippen molar-refractivity contribution in [3.63, 3.8) is 0 Å². The van der Waals surface area contributed by atoms with Gasteiger partial charge < -0.3 is 4.90 Å². The molecule has 0 saturated heterocycles. The summed E-state index contributed by atoms with van der Waals surface area (Å²) in [6.07, 6.45) is 0. The monoisotopic (exact) mass is 965 g/mol. The average molecular weight is 966 g/mol. The molecule has 0 amide bonds. The lowest BCUT2D eigenvalue weighted by Gasteiger charge is -2.35. The second-order valence-electron chi connectivity index (χ2n) is 19.9. The highest BCUT2D eigenvalue weighted by atomic mass is 15.1. The highest BCUT2D eigenvalue weighted by Crippen LogP contribution is 2.58. The van der Waals surface area contributed by atoms with E-state index in [4.69, 9.17) is 0 Å². The van der Waals surface area contributed by atoms with Gasteiger partial charge in [0.25, 0.3) is 0 Å². The summed E-state index contributed by atoms with van der Waals surface area (Å²) in [6.45, 7) is 0. The molecule has 0 radical (unpaired) electrons. The van der Waals surface area contributed by atoms with E-state index in [9.17, 15) is 0 Å². The second-order valence-corrected chi connectivity index (χ2v) is 19.9. The van der Waals surface area contributed by atoms with Crippen LogP contribution in [0.4, 0.5) is 17.1 Å². The van der Waals surface area contributed by atoms with Gasteiger partial charge in [-0.05, 0) is 147 Å². The van der Waals surface area contributed by atoms with E-state index < -0.39 is 5.41 Å². The van der Waals surface area contributed by atoms with E-state index in [0.29, 0.717) is 0 Å². The smallest absolute Gasteiger partial charge is 0.0714 e. The van der Waals surface area contributed by atoms with E-state index in [-0.39, 0.29) is 0 Å². The van der Waals surface area contributed by atoms with Crippen molar-refractivity contribution in [1.82, 2.24) is 0 Å². The van der Waals surface area contributed by atoms with Crippen molar-refractivity contribution >= 4 is 38.6 Å². The van der Waals surface area contributed by atoms with E-state index in [1.54, 1.807) is 0 Å². The summed E-state index contributed by atoms with van der Waals surface area (Å²) < 4.78 is 0. The van der Waals surface area contributed by atoms with Gasteiger partial charge in [0.1, 0.15) is 0 Å². The first-order valence-electron chi connectivity index (χ1n) is 26.3. The Hall–Kier alpha value is -9.82. The predicted octanol–water partition coefficient (Wildman–Crippen LogP) is 20.2. The van der Waals surface area contributed by atoms with Gasteiger partial charge in [-0.25, -0.2) is 0 Å². The van der Waals surface area contributed by atoms with Gasteiger partial charge in [0.05, 0.1) is 11.1 Å². The van der Waals surface area contributed by atoms with Crippen LogP contribution in [0.5, 0.6) is 0 Å². The van der Waals surface area contributed by atoms with Crippen LogP contribution in [0.15, 0.2) is 309 Å². The summed E-state index contributed by atoms with van der Waals surface area (Å²) in [5.41, 5.74) is 22.0. The fourth-order valence-corrected chi connectivity index (χ4v) is 12.4. The molecule has 0 heterocycles. The van der Waals surface area contributed by atoms with Gasteiger partial charge in [-0.2, -0.15) is 0 Å². The Balaban J connectivity index is 1.03. The van der Waals surface area contributed by atoms with Crippen LogP contribution >= 0.6 is 0 Å². The molecular formula is C75H51N. The molecule has 0 fully saturated rings. The third kappa shape index (κ3) is 7.47. The average Bonchev–Trinajstić information content (AvgIpc) is 4.02. The SMILES string of the molecule is c1ccc(-c2ccc(N(c3cccc(-c4ccc5c(c4)c(-c4ccccc4)c(-c4ccccc4)c4ccccc45)c3)c3ccc4c(c3)C(c3ccccc3)(c3ccccc3)c3ccccc3-4)c(-c3ccccc3)c2)cc1. The predicted molar refractivity (Wildman–Crippen MR) is 321 cm³/mol. The Labute approximate surface area is 444 Å². The van der Waals surface area contributed by atoms with Crippen LogP contribution in [0.2, 0.25) is 0 Å². The van der Waals surface area contributed by atoms with Crippen molar-refractivity contribution in [1.29, 1.82) is 0 Å². The fourth-order valence-electron chi connectivity index (χ4n) is 12.4. The van der Waals surface area contributed by atoms with Crippen molar-refractivity contribution in [3.8, 4) is 66.8 Å². The quantitative estimate of drug-likeness (QED) is 0.123. The molecule has 0 bridgehead atoms. The first-order valence-corrected chi connectivity index (χ1v) is 26.3. The number of rotatable bonds is 10. The summed E-state index contributed by atoms with van der Waals surface area (Å²) in [4.78, 5) is 2.50. The molecule has 13 aromatic rings. The van der Waals surface area contributed by atoms with Crippen LogP contribution in [-0.4, -0.2) is 0 Å². The molecule has 356 valence electrons. The molecule has 0 spiro atoms. The Morgan fingerprint density at radius 1 is 0.224 bits per heavy atom. The number of nitrogens with zero attached hydrogens (tertiary/aromatic N) is 1. The van der Waals surface area contributed by atoms with Crippen LogP contribution in [-0.2, 0) is 5.41 Å². The summed E-state index contributed by atoms with van der Waals surface area (Å²) in [5, 5.41) is 4.96. The maximum Gasteiger partial charge on any atom is 0.0714 e. The standard InChI is InChI=1S/C75H51N/c1-7-24-52(25-8-1)57-43-47-72(68(49-57)53-26-9-2-10-27-53)76(62-44-46-66-65-39-21-22-41-70(65)75(71(66)51-62,59-33-15-5-16-34-59)60-35-17-6-18-36-60)61-37-23-32-56(48-61)58-42-45-64-63-38-19-20-40-67(63)73(54-28-11-3-12-29-54)74(69(64)50-58)55-30-13-4-14-31-55/h1-51H. The Morgan fingerprint density at radius 2 is 0.684 bits per heavy atom. The van der Waals surface area contributed by atoms with Crippen molar-refractivity contribution in [2.24, 2.45) is 0 Å². The molecule has 0 atom stereocenters. The second kappa shape index (κ2) is 18.9. The Bertz CT molecular complexity index is 4210. The zero-order chi connectivity index (χ0) is 50.4. The summed E-state index contributed by atoms with van der Waals surface area (Å²) >= 11 is 0. The molecule has 1 heteroatoms.